The summed E-state index contributed by atoms with van der Waals surface area (Å²) in [5, 5.41) is 6.35. The molecule has 1 aliphatic rings. The van der Waals surface area contributed by atoms with Crippen LogP contribution in [0.2, 0.25) is 0 Å². The fourth-order valence-corrected chi connectivity index (χ4v) is 2.83. The van der Waals surface area contributed by atoms with Gasteiger partial charge in [-0.25, -0.2) is 0 Å². The van der Waals surface area contributed by atoms with Crippen molar-refractivity contribution in [1.29, 1.82) is 0 Å². The maximum atomic E-state index is 12.5. The van der Waals surface area contributed by atoms with Gasteiger partial charge in [0, 0.05) is 11.3 Å². The Kier molecular flexibility index (Phi) is 7.67. The summed E-state index contributed by atoms with van der Waals surface area (Å²) in [6, 6.07) is 9.83. The zero-order valence-electron chi connectivity index (χ0n) is 13.9. The number of aromatic nitrogens is 1. The molecule has 0 saturated carbocycles. The number of aryl methyl sites for hydroxylation is 2. The van der Waals surface area contributed by atoms with Crippen LogP contribution in [0.4, 0.5) is 5.69 Å². The highest BCUT2D eigenvalue weighted by atomic mass is 35.5. The fraction of sp³-hybridized carbons (Fsp3) is 0.333. The van der Waals surface area contributed by atoms with E-state index in [1.54, 1.807) is 0 Å². The summed E-state index contributed by atoms with van der Waals surface area (Å²) in [6.45, 7) is 5.83. The molecule has 4 nitrogen and oxygen atoms in total. The first-order valence-electron chi connectivity index (χ1n) is 7.71. The number of rotatable bonds is 2. The third-order valence-electron chi connectivity index (χ3n) is 4.08. The van der Waals surface area contributed by atoms with Crippen LogP contribution in [-0.4, -0.2) is 24.0 Å². The number of nitrogens with zero attached hydrogens (tertiary/aromatic N) is 1. The van der Waals surface area contributed by atoms with E-state index in [0.717, 1.165) is 43.0 Å². The second-order valence-corrected chi connectivity index (χ2v) is 5.77. The number of pyridine rings is 1. The summed E-state index contributed by atoms with van der Waals surface area (Å²) in [7, 11) is 0. The van der Waals surface area contributed by atoms with Crippen molar-refractivity contribution in [1.82, 2.24) is 10.3 Å². The summed E-state index contributed by atoms with van der Waals surface area (Å²) in [5.74, 6) is -0.0752. The number of fused-ring (bicyclic) bond motifs is 1. The Morgan fingerprint density at radius 2 is 1.75 bits per heavy atom. The van der Waals surface area contributed by atoms with Crippen LogP contribution in [0.15, 0.2) is 30.3 Å². The highest BCUT2D eigenvalue weighted by Gasteiger charge is 2.13. The van der Waals surface area contributed by atoms with E-state index in [1.165, 1.54) is 11.1 Å². The van der Waals surface area contributed by atoms with Crippen LogP contribution in [0.5, 0.6) is 0 Å². The van der Waals surface area contributed by atoms with Crippen molar-refractivity contribution in [2.45, 2.75) is 26.7 Å². The smallest absolute Gasteiger partial charge is 0.255 e. The van der Waals surface area contributed by atoms with Crippen LogP contribution >= 0.6 is 24.8 Å². The van der Waals surface area contributed by atoms with E-state index in [2.05, 4.69) is 21.7 Å². The van der Waals surface area contributed by atoms with Gasteiger partial charge in [0.05, 0.1) is 11.4 Å². The average molecular weight is 368 g/mol. The van der Waals surface area contributed by atoms with Gasteiger partial charge in [0.2, 0.25) is 0 Å². The topological polar surface area (TPSA) is 54.0 Å². The third-order valence-corrected chi connectivity index (χ3v) is 4.08. The largest absolute Gasteiger partial charge is 0.320 e. The molecular weight excluding hydrogens is 345 g/mol. The van der Waals surface area contributed by atoms with Crippen molar-refractivity contribution in [2.75, 3.05) is 18.4 Å². The molecule has 24 heavy (non-hydrogen) atoms. The van der Waals surface area contributed by atoms with Crippen molar-refractivity contribution in [3.05, 3.63) is 58.4 Å². The first-order valence-corrected chi connectivity index (χ1v) is 7.71. The predicted octanol–water partition coefficient (Wildman–Crippen LogP) is 3.48. The van der Waals surface area contributed by atoms with Crippen LogP contribution in [0.1, 0.15) is 32.9 Å². The molecule has 3 rings (SSSR count). The first kappa shape index (κ1) is 20.4. The fourth-order valence-electron chi connectivity index (χ4n) is 2.83. The van der Waals surface area contributed by atoms with Crippen LogP contribution in [0, 0.1) is 13.8 Å². The van der Waals surface area contributed by atoms with Gasteiger partial charge in [0.15, 0.2) is 0 Å². The van der Waals surface area contributed by atoms with Gasteiger partial charge in [-0.3, -0.25) is 9.78 Å². The SMILES string of the molecule is Cc1ccc(NC(=O)c2ccc3c(c2)CCNCC3)c(C)n1.Cl.Cl. The number of hydrogen-bond donors (Lipinski definition) is 2. The molecule has 0 unspecified atom stereocenters. The number of amides is 1. The van der Waals surface area contributed by atoms with E-state index < -0.39 is 0 Å². The van der Waals surface area contributed by atoms with E-state index >= 15 is 0 Å². The lowest BCUT2D eigenvalue weighted by atomic mass is 10.00. The van der Waals surface area contributed by atoms with Crippen molar-refractivity contribution >= 4 is 36.4 Å². The Bertz CT molecular complexity index is 719. The van der Waals surface area contributed by atoms with Crippen LogP contribution in [0.25, 0.3) is 0 Å². The van der Waals surface area contributed by atoms with Gasteiger partial charge < -0.3 is 10.6 Å². The molecule has 0 fully saturated rings. The van der Waals surface area contributed by atoms with E-state index in [4.69, 9.17) is 0 Å². The van der Waals surface area contributed by atoms with Gasteiger partial charge in [-0.15, -0.1) is 24.8 Å². The van der Waals surface area contributed by atoms with Crippen molar-refractivity contribution < 1.29 is 4.79 Å². The number of benzene rings is 1. The van der Waals surface area contributed by atoms with Gasteiger partial charge in [-0.2, -0.15) is 0 Å². The molecule has 2 heterocycles. The normalized spacial score (nSPS) is 12.9. The molecule has 0 aliphatic carbocycles. The van der Waals surface area contributed by atoms with Crippen molar-refractivity contribution in [2.24, 2.45) is 0 Å². The van der Waals surface area contributed by atoms with E-state index in [1.807, 2.05) is 38.1 Å². The summed E-state index contributed by atoms with van der Waals surface area (Å²) in [4.78, 5) is 16.8. The molecule has 6 heteroatoms. The predicted molar refractivity (Wildman–Crippen MR) is 103 cm³/mol. The molecule has 0 saturated heterocycles. The Hall–Kier alpha value is -1.62. The zero-order valence-corrected chi connectivity index (χ0v) is 15.5. The summed E-state index contributed by atoms with van der Waals surface area (Å²) in [5.41, 5.74) is 5.89. The number of anilines is 1. The Balaban J connectivity index is 0.00000144. The standard InChI is InChI=1S/C18H21N3O.2ClH/c1-12-3-6-17(13(2)20-12)21-18(22)16-5-4-14-7-9-19-10-8-15(14)11-16;;/h3-6,11,19H,7-10H2,1-2H3,(H,21,22);2*1H. The monoisotopic (exact) mass is 367 g/mol. The van der Waals surface area contributed by atoms with Crippen LogP contribution in [-0.2, 0) is 12.8 Å². The molecule has 1 aromatic heterocycles. The number of carbonyl (C=O) groups is 1. The second-order valence-electron chi connectivity index (χ2n) is 5.77. The first-order chi connectivity index (χ1) is 10.6. The second kappa shape index (κ2) is 9.02. The zero-order chi connectivity index (χ0) is 15.5. The molecule has 1 amide bonds. The van der Waals surface area contributed by atoms with Crippen molar-refractivity contribution in [3.63, 3.8) is 0 Å². The number of hydrogen-bond acceptors (Lipinski definition) is 3. The molecule has 0 bridgehead atoms. The molecule has 2 aromatic rings. The molecule has 0 radical (unpaired) electrons. The Morgan fingerprint density at radius 1 is 1.04 bits per heavy atom. The molecule has 0 atom stereocenters. The average Bonchev–Trinajstić information content (AvgIpc) is 2.74. The van der Waals surface area contributed by atoms with E-state index in [0.29, 0.717) is 5.56 Å². The minimum atomic E-state index is -0.0752. The third kappa shape index (κ3) is 4.69. The summed E-state index contributed by atoms with van der Waals surface area (Å²) in [6.07, 6.45) is 2.00. The highest BCUT2D eigenvalue weighted by Crippen LogP contribution is 2.18. The number of nitrogens with one attached hydrogen (secondary N) is 2. The lowest BCUT2D eigenvalue weighted by Crippen LogP contribution is -2.16. The molecular formula is C18H23Cl2N3O. The molecule has 1 aliphatic heterocycles. The Labute approximate surface area is 155 Å². The number of carbonyl (C=O) groups excluding carboxylic acids is 1. The maximum Gasteiger partial charge on any atom is 0.255 e. The van der Waals surface area contributed by atoms with Gasteiger partial charge in [0.1, 0.15) is 0 Å². The lowest BCUT2D eigenvalue weighted by molar-refractivity contribution is 0.102. The van der Waals surface area contributed by atoms with Crippen LogP contribution in [0.3, 0.4) is 0 Å². The summed E-state index contributed by atoms with van der Waals surface area (Å²) < 4.78 is 0. The van der Waals surface area contributed by atoms with Gasteiger partial charge in [-0.05, 0) is 75.2 Å². The number of halogens is 2. The minimum absolute atomic E-state index is 0. The summed E-state index contributed by atoms with van der Waals surface area (Å²) >= 11 is 0. The molecule has 1 aromatic carbocycles. The van der Waals surface area contributed by atoms with E-state index in [9.17, 15) is 4.79 Å². The molecule has 0 spiro atoms. The molecule has 2 N–H and O–H groups in total. The molecule has 130 valence electrons. The van der Waals surface area contributed by atoms with Gasteiger partial charge >= 0.3 is 0 Å². The highest BCUT2D eigenvalue weighted by molar-refractivity contribution is 6.04. The lowest BCUT2D eigenvalue weighted by Gasteiger charge is -2.11. The quantitative estimate of drug-likeness (QED) is 0.853. The van der Waals surface area contributed by atoms with E-state index in [-0.39, 0.29) is 30.7 Å². The maximum absolute atomic E-state index is 12.5. The Morgan fingerprint density at radius 3 is 2.46 bits per heavy atom. The van der Waals surface area contributed by atoms with Gasteiger partial charge in [0.25, 0.3) is 5.91 Å². The van der Waals surface area contributed by atoms with Crippen molar-refractivity contribution in [3.8, 4) is 0 Å². The van der Waals surface area contributed by atoms with Crippen LogP contribution < -0.4 is 10.6 Å². The minimum Gasteiger partial charge on any atom is -0.320 e. The van der Waals surface area contributed by atoms with Gasteiger partial charge in [-0.1, -0.05) is 6.07 Å².